The van der Waals surface area contributed by atoms with Crippen molar-refractivity contribution in [2.24, 2.45) is 0 Å². The summed E-state index contributed by atoms with van der Waals surface area (Å²) in [6, 6.07) is 18.0. The zero-order valence-electron chi connectivity index (χ0n) is 14.8. The summed E-state index contributed by atoms with van der Waals surface area (Å²) in [7, 11) is 0. The molecule has 0 spiro atoms. The van der Waals surface area contributed by atoms with Crippen LogP contribution >= 0.6 is 11.6 Å². The molecular formula is C22H16ClF2N3. The van der Waals surface area contributed by atoms with E-state index in [-0.39, 0.29) is 11.5 Å². The second-order valence-corrected chi connectivity index (χ2v) is 7.45. The number of aromatic nitrogens is 3. The van der Waals surface area contributed by atoms with E-state index < -0.39 is 6.43 Å². The van der Waals surface area contributed by atoms with Crippen molar-refractivity contribution < 1.29 is 8.78 Å². The van der Waals surface area contributed by atoms with E-state index in [0.29, 0.717) is 21.7 Å². The summed E-state index contributed by atoms with van der Waals surface area (Å²) in [5, 5.41) is 5.79. The van der Waals surface area contributed by atoms with Crippen LogP contribution in [0, 0.1) is 0 Å². The second kappa shape index (κ2) is 6.67. The minimum absolute atomic E-state index is 0.0148. The van der Waals surface area contributed by atoms with Crippen LogP contribution in [0.3, 0.4) is 0 Å². The van der Waals surface area contributed by atoms with E-state index in [4.69, 9.17) is 21.7 Å². The Kier molecular flexibility index (Phi) is 4.13. The third-order valence-corrected chi connectivity index (χ3v) is 5.29. The highest BCUT2D eigenvalue weighted by molar-refractivity contribution is 6.30. The predicted molar refractivity (Wildman–Crippen MR) is 106 cm³/mol. The number of rotatable bonds is 4. The molecule has 4 aromatic rings. The molecule has 2 heterocycles. The lowest BCUT2D eigenvalue weighted by Crippen LogP contribution is -1.99. The number of benzene rings is 2. The van der Waals surface area contributed by atoms with Gasteiger partial charge in [0.05, 0.1) is 22.5 Å². The Morgan fingerprint density at radius 2 is 1.71 bits per heavy atom. The van der Waals surface area contributed by atoms with Crippen LogP contribution in [0.1, 0.15) is 36.4 Å². The highest BCUT2D eigenvalue weighted by Gasteiger charge is 2.32. The number of hydrogen-bond donors (Lipinski definition) is 0. The Bertz CT molecular complexity index is 1150. The van der Waals surface area contributed by atoms with Gasteiger partial charge in [0.1, 0.15) is 0 Å². The lowest BCUT2D eigenvalue weighted by molar-refractivity contribution is 0.153. The topological polar surface area (TPSA) is 30.7 Å². The normalized spacial score (nSPS) is 14.1. The summed E-state index contributed by atoms with van der Waals surface area (Å²) in [5.74, 6) is 0.230. The molecular weight excluding hydrogens is 380 g/mol. The minimum Gasteiger partial charge on any atom is -0.228 e. The highest BCUT2D eigenvalue weighted by atomic mass is 35.5. The molecule has 6 heteroatoms. The Morgan fingerprint density at radius 1 is 1.00 bits per heavy atom. The third kappa shape index (κ3) is 2.96. The van der Waals surface area contributed by atoms with Crippen molar-refractivity contribution in [2.45, 2.75) is 25.2 Å². The molecule has 28 heavy (non-hydrogen) atoms. The first-order chi connectivity index (χ1) is 13.6. The third-order valence-electron chi connectivity index (χ3n) is 5.04. The number of para-hydroxylation sites is 1. The summed E-state index contributed by atoms with van der Waals surface area (Å²) >= 11 is 5.97. The maximum Gasteiger partial charge on any atom is 0.264 e. The smallest absolute Gasteiger partial charge is 0.228 e. The highest BCUT2D eigenvalue weighted by Crippen LogP contribution is 2.45. The Labute approximate surface area is 165 Å². The summed E-state index contributed by atoms with van der Waals surface area (Å²) in [5.41, 5.74) is 3.21. The van der Waals surface area contributed by atoms with Crippen molar-refractivity contribution >= 4 is 22.6 Å². The maximum absolute atomic E-state index is 14.0. The lowest BCUT2D eigenvalue weighted by Gasteiger charge is -2.09. The largest absolute Gasteiger partial charge is 0.264 e. The molecule has 1 fully saturated rings. The van der Waals surface area contributed by atoms with Crippen LogP contribution in [0.4, 0.5) is 8.78 Å². The average Bonchev–Trinajstić information content (AvgIpc) is 3.49. The van der Waals surface area contributed by atoms with Gasteiger partial charge < -0.3 is 0 Å². The van der Waals surface area contributed by atoms with Crippen LogP contribution in [0.2, 0.25) is 5.02 Å². The Hall–Kier alpha value is -2.79. The molecule has 1 saturated carbocycles. The van der Waals surface area contributed by atoms with Gasteiger partial charge in [0.25, 0.3) is 6.43 Å². The van der Waals surface area contributed by atoms with Gasteiger partial charge in [-0.05, 0) is 43.2 Å². The molecule has 3 nitrogen and oxygen atoms in total. The first-order valence-electron chi connectivity index (χ1n) is 9.15. The van der Waals surface area contributed by atoms with E-state index in [1.54, 1.807) is 28.9 Å². The number of pyridine rings is 1. The van der Waals surface area contributed by atoms with E-state index in [0.717, 1.165) is 29.8 Å². The minimum atomic E-state index is -2.61. The van der Waals surface area contributed by atoms with Crippen molar-refractivity contribution in [1.82, 2.24) is 14.8 Å². The quantitative estimate of drug-likeness (QED) is 0.392. The van der Waals surface area contributed by atoms with Gasteiger partial charge in [-0.25, -0.2) is 18.4 Å². The number of nitrogens with zero attached hydrogens (tertiary/aromatic N) is 3. The molecule has 140 valence electrons. The molecule has 0 amide bonds. The molecule has 0 saturated heterocycles. The molecule has 0 aliphatic heterocycles. The van der Waals surface area contributed by atoms with Crippen molar-refractivity contribution in [3.8, 4) is 16.9 Å². The number of alkyl halides is 2. The molecule has 2 aromatic heterocycles. The van der Waals surface area contributed by atoms with Crippen LogP contribution in [-0.2, 0) is 0 Å². The van der Waals surface area contributed by atoms with E-state index in [2.05, 4.69) is 0 Å². The van der Waals surface area contributed by atoms with Crippen LogP contribution < -0.4 is 0 Å². The number of hydrogen-bond acceptors (Lipinski definition) is 2. The summed E-state index contributed by atoms with van der Waals surface area (Å²) < 4.78 is 29.8. The van der Waals surface area contributed by atoms with E-state index >= 15 is 0 Å². The van der Waals surface area contributed by atoms with Gasteiger partial charge in [-0.3, -0.25) is 0 Å². The van der Waals surface area contributed by atoms with Crippen molar-refractivity contribution in [3.05, 3.63) is 76.9 Å². The molecule has 0 radical (unpaired) electrons. The lowest BCUT2D eigenvalue weighted by atomic mass is 10.0. The monoisotopic (exact) mass is 395 g/mol. The van der Waals surface area contributed by atoms with Crippen molar-refractivity contribution in [3.63, 3.8) is 0 Å². The van der Waals surface area contributed by atoms with Crippen LogP contribution in [0.15, 0.2) is 60.7 Å². The van der Waals surface area contributed by atoms with Gasteiger partial charge >= 0.3 is 0 Å². The Balaban J connectivity index is 1.82. The maximum atomic E-state index is 14.0. The fourth-order valence-corrected chi connectivity index (χ4v) is 3.63. The zero-order valence-corrected chi connectivity index (χ0v) is 15.6. The first-order valence-corrected chi connectivity index (χ1v) is 9.52. The summed E-state index contributed by atoms with van der Waals surface area (Å²) in [6.07, 6.45) is -0.659. The fourth-order valence-electron chi connectivity index (χ4n) is 3.50. The fraction of sp³-hybridized carbons (Fsp3) is 0.182. The molecule has 0 N–H and O–H groups in total. The predicted octanol–water partition coefficient (Wildman–Crippen LogP) is 6.56. The summed E-state index contributed by atoms with van der Waals surface area (Å²) in [4.78, 5) is 4.75. The SMILES string of the molecule is FC(F)c1cc(-c2ccc(Cl)cc2)nc2c1c(C1CC1)nn2-c1ccccc1. The van der Waals surface area contributed by atoms with Gasteiger partial charge in [0.2, 0.25) is 0 Å². The van der Waals surface area contributed by atoms with Crippen LogP contribution in [0.25, 0.3) is 28.0 Å². The molecule has 2 aromatic carbocycles. The van der Waals surface area contributed by atoms with Gasteiger partial charge in [0.15, 0.2) is 5.65 Å². The standard InChI is InChI=1S/C22H16ClF2N3/c23-15-10-8-13(9-11-15)18-12-17(21(24)25)19-20(14-6-7-14)27-28(22(19)26-18)16-4-2-1-3-5-16/h1-5,8-12,14,21H,6-7H2. The molecule has 1 aliphatic carbocycles. The average molecular weight is 396 g/mol. The van der Waals surface area contributed by atoms with Gasteiger partial charge in [0, 0.05) is 22.1 Å². The van der Waals surface area contributed by atoms with E-state index in [9.17, 15) is 8.78 Å². The summed E-state index contributed by atoms with van der Waals surface area (Å²) in [6.45, 7) is 0. The van der Waals surface area contributed by atoms with E-state index in [1.165, 1.54) is 6.07 Å². The second-order valence-electron chi connectivity index (χ2n) is 7.01. The molecule has 0 atom stereocenters. The molecule has 0 bridgehead atoms. The molecule has 0 unspecified atom stereocenters. The van der Waals surface area contributed by atoms with E-state index in [1.807, 2.05) is 30.3 Å². The van der Waals surface area contributed by atoms with Gasteiger partial charge in [-0.1, -0.05) is 41.9 Å². The van der Waals surface area contributed by atoms with Crippen LogP contribution in [-0.4, -0.2) is 14.8 Å². The zero-order chi connectivity index (χ0) is 19.3. The number of fused-ring (bicyclic) bond motifs is 1. The van der Waals surface area contributed by atoms with Crippen molar-refractivity contribution in [2.75, 3.05) is 0 Å². The van der Waals surface area contributed by atoms with Crippen molar-refractivity contribution in [1.29, 1.82) is 0 Å². The Morgan fingerprint density at radius 3 is 2.36 bits per heavy atom. The first kappa shape index (κ1) is 17.3. The molecule has 1 aliphatic rings. The van der Waals surface area contributed by atoms with Gasteiger partial charge in [-0.15, -0.1) is 0 Å². The van der Waals surface area contributed by atoms with Crippen LogP contribution in [0.5, 0.6) is 0 Å². The van der Waals surface area contributed by atoms with Gasteiger partial charge in [-0.2, -0.15) is 5.10 Å². The molecule has 5 rings (SSSR count). The number of halogens is 3.